The highest BCUT2D eigenvalue weighted by molar-refractivity contribution is 5.20. The molecule has 0 radical (unpaired) electrons. The van der Waals surface area contributed by atoms with E-state index in [2.05, 4.69) is 43.2 Å². The number of hydrogen-bond donors (Lipinski definition) is 1. The largest absolute Gasteiger partial charge is 0.492 e. The number of piperidine rings is 1. The molecular weight excluding hydrogens is 274 g/mol. The summed E-state index contributed by atoms with van der Waals surface area (Å²) in [5.74, 6) is 0.942. The summed E-state index contributed by atoms with van der Waals surface area (Å²) in [5.41, 5.74) is 0.271. The molecule has 1 aromatic carbocycles. The van der Waals surface area contributed by atoms with Crippen molar-refractivity contribution in [1.29, 1.82) is 0 Å². The Morgan fingerprint density at radius 1 is 1.23 bits per heavy atom. The zero-order valence-corrected chi connectivity index (χ0v) is 14.5. The molecule has 0 aromatic heterocycles. The quantitative estimate of drug-likeness (QED) is 0.834. The van der Waals surface area contributed by atoms with Crippen LogP contribution in [0.3, 0.4) is 0 Å². The zero-order valence-electron chi connectivity index (χ0n) is 14.5. The molecule has 2 rings (SSSR count). The van der Waals surface area contributed by atoms with Crippen LogP contribution in [0.4, 0.5) is 0 Å². The Bertz CT molecular complexity index is 427. The van der Waals surface area contributed by atoms with Crippen molar-refractivity contribution in [1.82, 2.24) is 15.1 Å². The van der Waals surface area contributed by atoms with E-state index in [4.69, 9.17) is 4.74 Å². The maximum absolute atomic E-state index is 5.83. The average molecular weight is 305 g/mol. The molecule has 0 bridgehead atoms. The maximum Gasteiger partial charge on any atom is 0.119 e. The van der Waals surface area contributed by atoms with Gasteiger partial charge in [-0.05, 0) is 66.1 Å². The van der Waals surface area contributed by atoms with Gasteiger partial charge >= 0.3 is 0 Å². The lowest BCUT2D eigenvalue weighted by molar-refractivity contribution is 0.0622. The van der Waals surface area contributed by atoms with Crippen LogP contribution in [0.15, 0.2) is 30.3 Å². The van der Waals surface area contributed by atoms with Crippen LogP contribution in [0.1, 0.15) is 19.8 Å². The molecule has 1 unspecified atom stereocenters. The summed E-state index contributed by atoms with van der Waals surface area (Å²) in [7, 11) is 6.62. The third kappa shape index (κ3) is 4.70. The number of nitrogens with one attached hydrogen (secondary N) is 1. The van der Waals surface area contributed by atoms with Gasteiger partial charge in [0.2, 0.25) is 0 Å². The Balaban J connectivity index is 1.79. The number of para-hydroxylation sites is 1. The normalized spacial score (nSPS) is 20.0. The standard InChI is InChI=1S/C18H31N3O/c1-16(14-22-17-8-6-5-7-9-17)19-15-18(20(2)3)10-12-21(4)13-11-18/h5-9,16,19H,10-15H2,1-4H3. The third-order valence-electron chi connectivity index (χ3n) is 4.89. The van der Waals surface area contributed by atoms with Crippen molar-refractivity contribution < 1.29 is 4.74 Å². The molecule has 4 nitrogen and oxygen atoms in total. The highest BCUT2D eigenvalue weighted by Gasteiger charge is 2.35. The second-order valence-corrected chi connectivity index (χ2v) is 6.83. The summed E-state index contributed by atoms with van der Waals surface area (Å²) in [6.07, 6.45) is 2.44. The first-order chi connectivity index (χ1) is 10.5. The Labute approximate surface area is 135 Å². The molecule has 0 saturated carbocycles. The number of ether oxygens (including phenoxy) is 1. The minimum Gasteiger partial charge on any atom is -0.492 e. The lowest BCUT2D eigenvalue weighted by Crippen LogP contribution is -2.58. The van der Waals surface area contributed by atoms with Crippen LogP contribution < -0.4 is 10.1 Å². The van der Waals surface area contributed by atoms with Crippen LogP contribution in [0, 0.1) is 0 Å². The van der Waals surface area contributed by atoms with Crippen LogP contribution in [0.5, 0.6) is 5.75 Å². The molecule has 0 aliphatic carbocycles. The van der Waals surface area contributed by atoms with Crippen molar-refractivity contribution in [2.24, 2.45) is 0 Å². The van der Waals surface area contributed by atoms with E-state index in [1.165, 1.54) is 25.9 Å². The van der Waals surface area contributed by atoms with Crippen LogP contribution in [-0.4, -0.2) is 68.8 Å². The molecule has 1 aliphatic rings. The van der Waals surface area contributed by atoms with Crippen LogP contribution >= 0.6 is 0 Å². The van der Waals surface area contributed by atoms with Gasteiger partial charge in [0.15, 0.2) is 0 Å². The topological polar surface area (TPSA) is 27.7 Å². The van der Waals surface area contributed by atoms with Crippen molar-refractivity contribution >= 4 is 0 Å². The number of hydrogen-bond acceptors (Lipinski definition) is 4. The molecule has 1 atom stereocenters. The monoisotopic (exact) mass is 305 g/mol. The fourth-order valence-corrected chi connectivity index (χ4v) is 2.98. The van der Waals surface area contributed by atoms with E-state index in [-0.39, 0.29) is 5.54 Å². The third-order valence-corrected chi connectivity index (χ3v) is 4.89. The molecule has 1 saturated heterocycles. The Morgan fingerprint density at radius 3 is 2.45 bits per heavy atom. The molecule has 1 N–H and O–H groups in total. The minimum absolute atomic E-state index is 0.271. The summed E-state index contributed by atoms with van der Waals surface area (Å²) in [4.78, 5) is 4.82. The first kappa shape index (κ1) is 17.3. The number of benzene rings is 1. The molecule has 4 heteroatoms. The SMILES string of the molecule is CC(COc1ccccc1)NCC1(N(C)C)CCN(C)CC1. The number of rotatable bonds is 7. The predicted octanol–water partition coefficient (Wildman–Crippen LogP) is 2.07. The molecular formula is C18H31N3O. The van der Waals surface area contributed by atoms with Crippen LogP contribution in [0.25, 0.3) is 0 Å². The van der Waals surface area contributed by atoms with Crippen molar-refractivity contribution in [3.05, 3.63) is 30.3 Å². The highest BCUT2D eigenvalue weighted by atomic mass is 16.5. The first-order valence-corrected chi connectivity index (χ1v) is 8.29. The van der Waals surface area contributed by atoms with E-state index in [0.717, 1.165) is 12.3 Å². The van der Waals surface area contributed by atoms with Crippen molar-refractivity contribution in [2.45, 2.75) is 31.3 Å². The van der Waals surface area contributed by atoms with Gasteiger partial charge in [0.05, 0.1) is 0 Å². The van der Waals surface area contributed by atoms with E-state index < -0.39 is 0 Å². The maximum atomic E-state index is 5.83. The lowest BCUT2D eigenvalue weighted by atomic mass is 9.86. The number of likely N-dealkylation sites (N-methyl/N-ethyl adjacent to an activating group) is 1. The van der Waals surface area contributed by atoms with E-state index >= 15 is 0 Å². The van der Waals surface area contributed by atoms with Crippen LogP contribution in [0.2, 0.25) is 0 Å². The fourth-order valence-electron chi connectivity index (χ4n) is 2.98. The number of likely N-dealkylation sites (tertiary alicyclic amines) is 1. The molecule has 1 heterocycles. The van der Waals surface area contributed by atoms with Gasteiger partial charge in [-0.3, -0.25) is 0 Å². The van der Waals surface area contributed by atoms with Gasteiger partial charge in [0.1, 0.15) is 12.4 Å². The van der Waals surface area contributed by atoms with Gasteiger partial charge in [-0.15, -0.1) is 0 Å². The fraction of sp³-hybridized carbons (Fsp3) is 0.667. The Morgan fingerprint density at radius 2 is 1.86 bits per heavy atom. The van der Waals surface area contributed by atoms with Gasteiger partial charge in [-0.1, -0.05) is 18.2 Å². The van der Waals surface area contributed by atoms with Gasteiger partial charge in [0, 0.05) is 18.1 Å². The Hall–Kier alpha value is -1.10. The molecule has 0 spiro atoms. The average Bonchev–Trinajstić information content (AvgIpc) is 2.53. The Kier molecular flexibility index (Phi) is 6.24. The molecule has 1 aliphatic heterocycles. The van der Waals surface area contributed by atoms with E-state index in [9.17, 15) is 0 Å². The molecule has 1 aromatic rings. The van der Waals surface area contributed by atoms with Gasteiger partial charge in [-0.25, -0.2) is 0 Å². The summed E-state index contributed by atoms with van der Waals surface area (Å²) >= 11 is 0. The molecule has 1 fully saturated rings. The van der Waals surface area contributed by atoms with Crippen molar-refractivity contribution in [3.8, 4) is 5.75 Å². The summed E-state index contributed by atoms with van der Waals surface area (Å²) < 4.78 is 5.83. The number of nitrogens with zero attached hydrogens (tertiary/aromatic N) is 2. The lowest BCUT2D eigenvalue weighted by Gasteiger charge is -2.46. The van der Waals surface area contributed by atoms with Crippen molar-refractivity contribution in [2.75, 3.05) is 47.4 Å². The van der Waals surface area contributed by atoms with Gasteiger partial charge in [0.25, 0.3) is 0 Å². The second-order valence-electron chi connectivity index (χ2n) is 6.83. The molecule has 0 amide bonds. The summed E-state index contributed by atoms with van der Waals surface area (Å²) in [6, 6.07) is 10.4. The predicted molar refractivity (Wildman–Crippen MR) is 92.6 cm³/mol. The van der Waals surface area contributed by atoms with E-state index in [1.54, 1.807) is 0 Å². The summed E-state index contributed by atoms with van der Waals surface area (Å²) in [6.45, 7) is 6.27. The smallest absolute Gasteiger partial charge is 0.119 e. The van der Waals surface area contributed by atoms with E-state index in [0.29, 0.717) is 12.6 Å². The first-order valence-electron chi connectivity index (χ1n) is 8.29. The minimum atomic E-state index is 0.271. The zero-order chi connectivity index (χ0) is 16.0. The van der Waals surface area contributed by atoms with Gasteiger partial charge in [-0.2, -0.15) is 0 Å². The second kappa shape index (κ2) is 7.95. The van der Waals surface area contributed by atoms with Crippen LogP contribution in [-0.2, 0) is 0 Å². The highest BCUT2D eigenvalue weighted by Crippen LogP contribution is 2.26. The van der Waals surface area contributed by atoms with E-state index in [1.807, 2.05) is 30.3 Å². The van der Waals surface area contributed by atoms with Crippen molar-refractivity contribution in [3.63, 3.8) is 0 Å². The summed E-state index contributed by atoms with van der Waals surface area (Å²) in [5, 5.41) is 3.67. The van der Waals surface area contributed by atoms with Gasteiger partial charge < -0.3 is 19.9 Å². The molecule has 124 valence electrons. The molecule has 22 heavy (non-hydrogen) atoms.